The summed E-state index contributed by atoms with van der Waals surface area (Å²) < 4.78 is 1.55. The van der Waals surface area contributed by atoms with Crippen LogP contribution in [0.5, 0.6) is 0 Å². The molecule has 0 aromatic carbocycles. The molecule has 7 heteroatoms. The molecule has 2 rings (SSSR count). The summed E-state index contributed by atoms with van der Waals surface area (Å²) in [6.45, 7) is 4.38. The van der Waals surface area contributed by atoms with Crippen LogP contribution in [-0.2, 0) is 0 Å². The van der Waals surface area contributed by atoms with Crippen molar-refractivity contribution in [2.45, 2.75) is 19.9 Å². The fourth-order valence-corrected chi connectivity index (χ4v) is 1.43. The molecule has 2 aromatic heterocycles. The number of rotatable bonds is 4. The summed E-state index contributed by atoms with van der Waals surface area (Å²) in [6, 6.07) is 2.01. The summed E-state index contributed by atoms with van der Waals surface area (Å²) in [5.74, 6) is 0.281. The highest BCUT2D eigenvalue weighted by Crippen LogP contribution is 2.01. The standard InChI is InChI=1S/C11H16N6O/c1-7(12-3)6-14-10(18)9-15-11-13-5-4-8(2)17(11)16-9/h4-5,7,12H,6H2,1-3H3,(H,14,18). The van der Waals surface area contributed by atoms with Gasteiger partial charge in [0.05, 0.1) is 0 Å². The molecule has 1 unspecified atom stereocenters. The summed E-state index contributed by atoms with van der Waals surface area (Å²) in [7, 11) is 1.84. The molecule has 7 nitrogen and oxygen atoms in total. The largest absolute Gasteiger partial charge is 0.348 e. The number of fused-ring (bicyclic) bond motifs is 1. The third kappa shape index (κ3) is 2.45. The zero-order valence-corrected chi connectivity index (χ0v) is 10.6. The minimum absolute atomic E-state index is 0.139. The Morgan fingerprint density at radius 2 is 2.33 bits per heavy atom. The van der Waals surface area contributed by atoms with Crippen LogP contribution in [0.25, 0.3) is 5.78 Å². The fraction of sp³-hybridized carbons (Fsp3) is 0.455. The van der Waals surface area contributed by atoms with E-state index in [1.807, 2.05) is 27.0 Å². The second-order valence-electron chi connectivity index (χ2n) is 4.13. The normalized spacial score (nSPS) is 12.6. The summed E-state index contributed by atoms with van der Waals surface area (Å²) in [5.41, 5.74) is 0.884. The van der Waals surface area contributed by atoms with Gasteiger partial charge in [0.2, 0.25) is 5.82 Å². The van der Waals surface area contributed by atoms with Gasteiger partial charge in [0, 0.05) is 24.5 Å². The van der Waals surface area contributed by atoms with Crippen molar-refractivity contribution < 1.29 is 4.79 Å². The Morgan fingerprint density at radius 1 is 1.56 bits per heavy atom. The smallest absolute Gasteiger partial charge is 0.291 e. The molecule has 2 N–H and O–H groups in total. The van der Waals surface area contributed by atoms with Crippen molar-refractivity contribution in [1.29, 1.82) is 0 Å². The SMILES string of the molecule is CNC(C)CNC(=O)c1nc2nccc(C)n2n1. The van der Waals surface area contributed by atoms with Crippen LogP contribution in [0.2, 0.25) is 0 Å². The number of nitrogens with zero attached hydrogens (tertiary/aromatic N) is 4. The second kappa shape index (κ2) is 5.09. The van der Waals surface area contributed by atoms with Gasteiger partial charge in [-0.15, -0.1) is 5.10 Å². The van der Waals surface area contributed by atoms with E-state index in [0.29, 0.717) is 12.3 Å². The van der Waals surface area contributed by atoms with Crippen LogP contribution in [-0.4, -0.2) is 45.1 Å². The van der Waals surface area contributed by atoms with E-state index in [1.54, 1.807) is 10.7 Å². The van der Waals surface area contributed by atoms with E-state index in [4.69, 9.17) is 0 Å². The molecule has 0 saturated carbocycles. The molecule has 0 bridgehead atoms. The Labute approximate surface area is 105 Å². The van der Waals surface area contributed by atoms with Crippen molar-refractivity contribution in [2.24, 2.45) is 0 Å². The van der Waals surface area contributed by atoms with Crippen LogP contribution >= 0.6 is 0 Å². The maximum absolute atomic E-state index is 11.8. The van der Waals surface area contributed by atoms with Gasteiger partial charge in [0.1, 0.15) is 0 Å². The maximum atomic E-state index is 11.8. The zero-order chi connectivity index (χ0) is 13.1. The van der Waals surface area contributed by atoms with Gasteiger partial charge in [-0.2, -0.15) is 4.98 Å². The number of carbonyl (C=O) groups excluding carboxylic acids is 1. The van der Waals surface area contributed by atoms with E-state index < -0.39 is 0 Å². The number of carbonyl (C=O) groups is 1. The predicted octanol–water partition coefficient (Wildman–Crippen LogP) is -0.230. The molecule has 0 radical (unpaired) electrons. The fourth-order valence-electron chi connectivity index (χ4n) is 1.43. The molecule has 96 valence electrons. The molecular weight excluding hydrogens is 232 g/mol. The first-order chi connectivity index (χ1) is 8.61. The van der Waals surface area contributed by atoms with Crippen molar-refractivity contribution in [2.75, 3.05) is 13.6 Å². The van der Waals surface area contributed by atoms with E-state index in [0.717, 1.165) is 5.69 Å². The Bertz CT molecular complexity index is 564. The first-order valence-corrected chi connectivity index (χ1v) is 5.75. The molecule has 1 amide bonds. The van der Waals surface area contributed by atoms with Gasteiger partial charge in [-0.1, -0.05) is 0 Å². The van der Waals surface area contributed by atoms with Gasteiger partial charge in [0.25, 0.3) is 11.7 Å². The first kappa shape index (κ1) is 12.4. The van der Waals surface area contributed by atoms with E-state index in [2.05, 4.69) is 25.7 Å². The van der Waals surface area contributed by atoms with Crippen LogP contribution in [0, 0.1) is 6.92 Å². The summed E-state index contributed by atoms with van der Waals surface area (Å²) in [5, 5.41) is 9.92. The van der Waals surface area contributed by atoms with Crippen LogP contribution in [0.3, 0.4) is 0 Å². The van der Waals surface area contributed by atoms with Crippen molar-refractivity contribution in [3.63, 3.8) is 0 Å². The average Bonchev–Trinajstić information content (AvgIpc) is 2.81. The van der Waals surface area contributed by atoms with Crippen LogP contribution < -0.4 is 10.6 Å². The van der Waals surface area contributed by atoms with Crippen molar-refractivity contribution in [3.05, 3.63) is 23.8 Å². The zero-order valence-electron chi connectivity index (χ0n) is 10.6. The molecule has 2 aromatic rings. The predicted molar refractivity (Wildman–Crippen MR) is 66.4 cm³/mol. The minimum Gasteiger partial charge on any atom is -0.348 e. The van der Waals surface area contributed by atoms with Gasteiger partial charge in [-0.25, -0.2) is 9.50 Å². The molecule has 1 atom stereocenters. The summed E-state index contributed by atoms with van der Waals surface area (Å²) >= 11 is 0. The molecule has 0 spiro atoms. The van der Waals surface area contributed by atoms with E-state index in [1.165, 1.54) is 0 Å². The summed E-state index contributed by atoms with van der Waals surface area (Å²) in [6.07, 6.45) is 1.64. The topological polar surface area (TPSA) is 84.2 Å². The van der Waals surface area contributed by atoms with Crippen LogP contribution in [0.15, 0.2) is 12.3 Å². The van der Waals surface area contributed by atoms with Gasteiger partial charge in [-0.3, -0.25) is 4.79 Å². The number of hydrogen-bond acceptors (Lipinski definition) is 5. The lowest BCUT2D eigenvalue weighted by molar-refractivity contribution is 0.0940. The quantitative estimate of drug-likeness (QED) is 0.781. The number of amides is 1. The molecular formula is C11H16N6O. The highest BCUT2D eigenvalue weighted by atomic mass is 16.2. The molecule has 0 saturated heterocycles. The highest BCUT2D eigenvalue weighted by Gasteiger charge is 2.14. The number of aryl methyl sites for hydroxylation is 1. The lowest BCUT2D eigenvalue weighted by Gasteiger charge is -2.09. The van der Waals surface area contributed by atoms with Crippen molar-refractivity contribution in [3.8, 4) is 0 Å². The molecule has 0 aliphatic rings. The third-order valence-electron chi connectivity index (χ3n) is 2.69. The Hall–Kier alpha value is -2.02. The number of aromatic nitrogens is 4. The molecule has 0 aliphatic carbocycles. The van der Waals surface area contributed by atoms with E-state index in [9.17, 15) is 4.79 Å². The Balaban J connectivity index is 2.16. The Kier molecular flexibility index (Phi) is 3.52. The van der Waals surface area contributed by atoms with Crippen LogP contribution in [0.1, 0.15) is 23.2 Å². The highest BCUT2D eigenvalue weighted by molar-refractivity contribution is 5.90. The molecule has 0 fully saturated rings. The van der Waals surface area contributed by atoms with E-state index in [-0.39, 0.29) is 17.8 Å². The maximum Gasteiger partial charge on any atom is 0.291 e. The lowest BCUT2D eigenvalue weighted by atomic mass is 10.3. The Morgan fingerprint density at radius 3 is 3.00 bits per heavy atom. The molecule has 0 aliphatic heterocycles. The third-order valence-corrected chi connectivity index (χ3v) is 2.69. The number of nitrogens with one attached hydrogen (secondary N) is 2. The first-order valence-electron chi connectivity index (χ1n) is 5.75. The average molecular weight is 248 g/mol. The number of likely N-dealkylation sites (N-methyl/N-ethyl adjacent to an activating group) is 1. The molecule has 2 heterocycles. The minimum atomic E-state index is -0.290. The van der Waals surface area contributed by atoms with Gasteiger partial charge in [-0.05, 0) is 27.0 Å². The van der Waals surface area contributed by atoms with Gasteiger partial charge >= 0.3 is 0 Å². The lowest BCUT2D eigenvalue weighted by Crippen LogP contribution is -2.37. The summed E-state index contributed by atoms with van der Waals surface area (Å²) in [4.78, 5) is 20.0. The monoisotopic (exact) mass is 248 g/mol. The van der Waals surface area contributed by atoms with Crippen molar-refractivity contribution in [1.82, 2.24) is 30.2 Å². The van der Waals surface area contributed by atoms with Crippen molar-refractivity contribution >= 4 is 11.7 Å². The van der Waals surface area contributed by atoms with Crippen LogP contribution in [0.4, 0.5) is 0 Å². The van der Waals surface area contributed by atoms with Gasteiger partial charge < -0.3 is 10.6 Å². The van der Waals surface area contributed by atoms with Gasteiger partial charge in [0.15, 0.2) is 0 Å². The molecule has 18 heavy (non-hydrogen) atoms. The van der Waals surface area contributed by atoms with E-state index >= 15 is 0 Å². The number of hydrogen-bond donors (Lipinski definition) is 2. The second-order valence-corrected chi connectivity index (χ2v) is 4.13.